The molecule has 0 spiro atoms. The molecule has 0 radical (unpaired) electrons. The van der Waals surface area contributed by atoms with Gasteiger partial charge < -0.3 is 9.80 Å². The van der Waals surface area contributed by atoms with Gasteiger partial charge in [0.2, 0.25) is 0 Å². The van der Waals surface area contributed by atoms with Gasteiger partial charge in [-0.05, 0) is 61.9 Å². The van der Waals surface area contributed by atoms with Crippen molar-refractivity contribution in [1.82, 2.24) is 14.8 Å². The van der Waals surface area contributed by atoms with Gasteiger partial charge in [0.05, 0.1) is 5.56 Å². The molecule has 0 N–H and O–H groups in total. The summed E-state index contributed by atoms with van der Waals surface area (Å²) < 4.78 is 0. The zero-order chi connectivity index (χ0) is 22.0. The lowest BCUT2D eigenvalue weighted by Gasteiger charge is -2.38. The highest BCUT2D eigenvalue weighted by atomic mass is 16.2. The molecule has 3 aromatic rings. The van der Waals surface area contributed by atoms with Gasteiger partial charge in [-0.15, -0.1) is 0 Å². The summed E-state index contributed by atoms with van der Waals surface area (Å²) in [7, 11) is 0. The lowest BCUT2D eigenvalue weighted by molar-refractivity contribution is 0.0574. The molecule has 32 heavy (non-hydrogen) atoms. The molecule has 2 heterocycles. The molecule has 1 aromatic heterocycles. The van der Waals surface area contributed by atoms with Crippen molar-refractivity contribution < 1.29 is 4.79 Å². The minimum absolute atomic E-state index is 0.108. The summed E-state index contributed by atoms with van der Waals surface area (Å²) in [5.41, 5.74) is 3.37. The molecule has 0 unspecified atom stereocenters. The third-order valence-corrected chi connectivity index (χ3v) is 6.43. The number of carbonyl (C=O) groups is 1. The summed E-state index contributed by atoms with van der Waals surface area (Å²) >= 11 is 0. The molecule has 1 fully saturated rings. The van der Waals surface area contributed by atoms with Crippen LogP contribution in [0.1, 0.15) is 40.7 Å². The van der Waals surface area contributed by atoms with Crippen LogP contribution >= 0.6 is 0 Å². The largest absolute Gasteiger partial charge is 0.335 e. The molecule has 0 bridgehead atoms. The van der Waals surface area contributed by atoms with Crippen molar-refractivity contribution in [1.29, 1.82) is 0 Å². The average molecular weight is 428 g/mol. The quantitative estimate of drug-likeness (QED) is 0.489. The second-order valence-electron chi connectivity index (χ2n) is 8.64. The van der Waals surface area contributed by atoms with Crippen molar-refractivity contribution in [2.24, 2.45) is 0 Å². The summed E-state index contributed by atoms with van der Waals surface area (Å²) in [5, 5.41) is 0. The molecule has 4 nitrogen and oxygen atoms in total. The van der Waals surface area contributed by atoms with Crippen molar-refractivity contribution in [3.05, 3.63) is 102 Å². The minimum Gasteiger partial charge on any atom is -0.335 e. The third-order valence-electron chi connectivity index (χ3n) is 6.43. The van der Waals surface area contributed by atoms with Crippen molar-refractivity contribution in [2.75, 3.05) is 26.2 Å². The summed E-state index contributed by atoms with van der Waals surface area (Å²) in [6.45, 7) is 3.99. The predicted octanol–water partition coefficient (Wildman–Crippen LogP) is 4.86. The molecule has 0 saturated carbocycles. The maximum Gasteiger partial charge on any atom is 0.255 e. The Kier molecular flexibility index (Phi) is 8.05. The van der Waals surface area contributed by atoms with Gasteiger partial charge in [-0.2, -0.15) is 0 Å². The molecule has 2 aromatic carbocycles. The Morgan fingerprint density at radius 2 is 1.53 bits per heavy atom. The van der Waals surface area contributed by atoms with Crippen LogP contribution in [0.5, 0.6) is 0 Å². The number of likely N-dealkylation sites (tertiary alicyclic amines) is 1. The van der Waals surface area contributed by atoms with Crippen molar-refractivity contribution >= 4 is 5.91 Å². The van der Waals surface area contributed by atoms with Crippen molar-refractivity contribution in [3.63, 3.8) is 0 Å². The summed E-state index contributed by atoms with van der Waals surface area (Å²) in [5.74, 6) is 0.108. The molecular formula is C28H33N3O. The van der Waals surface area contributed by atoms with Crippen LogP contribution in [0.3, 0.4) is 0 Å². The van der Waals surface area contributed by atoms with Crippen LogP contribution in [0.25, 0.3) is 0 Å². The number of aromatic nitrogens is 1. The number of aryl methyl sites for hydroxylation is 1. The van der Waals surface area contributed by atoms with Gasteiger partial charge in [0.25, 0.3) is 5.91 Å². The highest BCUT2D eigenvalue weighted by Crippen LogP contribution is 2.20. The van der Waals surface area contributed by atoms with E-state index in [1.165, 1.54) is 17.5 Å². The van der Waals surface area contributed by atoms with Gasteiger partial charge >= 0.3 is 0 Å². The number of benzene rings is 2. The monoisotopic (exact) mass is 427 g/mol. The predicted molar refractivity (Wildman–Crippen MR) is 130 cm³/mol. The van der Waals surface area contributed by atoms with Gasteiger partial charge in [-0.3, -0.25) is 9.78 Å². The van der Waals surface area contributed by atoms with Crippen molar-refractivity contribution in [2.45, 2.75) is 38.1 Å². The zero-order valence-corrected chi connectivity index (χ0v) is 18.8. The summed E-state index contributed by atoms with van der Waals surface area (Å²) in [6.07, 6.45) is 8.67. The molecule has 1 aliphatic heterocycles. The Balaban J connectivity index is 1.33. The fraction of sp³-hybridized carbons (Fsp3) is 0.357. The second kappa shape index (κ2) is 11.6. The number of amides is 1. The molecule has 0 atom stereocenters. The van der Waals surface area contributed by atoms with Crippen molar-refractivity contribution in [3.8, 4) is 0 Å². The fourth-order valence-corrected chi connectivity index (χ4v) is 4.61. The maximum atomic E-state index is 13.3. The second-order valence-corrected chi connectivity index (χ2v) is 8.64. The first kappa shape index (κ1) is 22.2. The van der Waals surface area contributed by atoms with E-state index in [0.29, 0.717) is 5.56 Å². The zero-order valence-electron chi connectivity index (χ0n) is 18.8. The molecule has 166 valence electrons. The Hall–Kier alpha value is -2.98. The first-order valence-corrected chi connectivity index (χ1v) is 11.8. The maximum absolute atomic E-state index is 13.3. The molecular weight excluding hydrogens is 394 g/mol. The van der Waals surface area contributed by atoms with E-state index in [9.17, 15) is 4.79 Å². The minimum atomic E-state index is 0.108. The van der Waals surface area contributed by atoms with Crippen LogP contribution in [0.2, 0.25) is 0 Å². The SMILES string of the molecule is O=C(c1cccnc1)N(CCc1ccccc1)C1CCN(CCCc2ccccc2)CC1. The molecule has 1 saturated heterocycles. The number of piperidine rings is 1. The van der Waals surface area contributed by atoms with Crippen LogP contribution in [0, 0.1) is 0 Å². The summed E-state index contributed by atoms with van der Waals surface area (Å²) in [6, 6.07) is 25.2. The van der Waals surface area contributed by atoms with E-state index in [4.69, 9.17) is 0 Å². The summed E-state index contributed by atoms with van der Waals surface area (Å²) in [4.78, 5) is 22.2. The molecule has 4 heteroatoms. The Morgan fingerprint density at radius 3 is 2.16 bits per heavy atom. The Labute approximate surface area is 191 Å². The number of carbonyl (C=O) groups excluding carboxylic acids is 1. The Bertz CT molecular complexity index is 938. The van der Waals surface area contributed by atoms with Gasteiger partial charge in [0.15, 0.2) is 0 Å². The first-order chi connectivity index (χ1) is 15.8. The third kappa shape index (κ3) is 6.27. The highest BCUT2D eigenvalue weighted by molar-refractivity contribution is 5.94. The average Bonchev–Trinajstić information content (AvgIpc) is 2.87. The van der Waals surface area contributed by atoms with Crippen LogP contribution in [-0.2, 0) is 12.8 Å². The topological polar surface area (TPSA) is 36.4 Å². The van der Waals surface area contributed by atoms with E-state index in [1.54, 1.807) is 12.4 Å². The lowest BCUT2D eigenvalue weighted by Crippen LogP contribution is -2.48. The number of hydrogen-bond donors (Lipinski definition) is 0. The van der Waals surface area contributed by atoms with Gasteiger partial charge in [0, 0.05) is 38.1 Å². The standard InChI is InChI=1S/C28H33N3O/c32-28(26-14-7-18-29-23-26)31(22-15-25-11-5-2-6-12-25)27-16-20-30(21-17-27)19-8-13-24-9-3-1-4-10-24/h1-7,9-12,14,18,23,27H,8,13,15-17,19-22H2. The number of nitrogens with zero attached hydrogens (tertiary/aromatic N) is 3. The normalized spacial score (nSPS) is 14.9. The first-order valence-electron chi connectivity index (χ1n) is 11.8. The molecule has 1 aliphatic rings. The van der Waals surface area contributed by atoms with Gasteiger partial charge in [-0.1, -0.05) is 60.7 Å². The van der Waals surface area contributed by atoms with E-state index in [-0.39, 0.29) is 11.9 Å². The fourth-order valence-electron chi connectivity index (χ4n) is 4.61. The van der Waals surface area contributed by atoms with Crippen LogP contribution in [0.15, 0.2) is 85.2 Å². The van der Waals surface area contributed by atoms with E-state index in [0.717, 1.165) is 51.9 Å². The van der Waals surface area contributed by atoms with E-state index in [2.05, 4.69) is 69.4 Å². The Morgan fingerprint density at radius 1 is 0.875 bits per heavy atom. The lowest BCUT2D eigenvalue weighted by atomic mass is 10.0. The van der Waals surface area contributed by atoms with Crippen LogP contribution < -0.4 is 0 Å². The molecule has 0 aliphatic carbocycles. The van der Waals surface area contributed by atoms with E-state index >= 15 is 0 Å². The van der Waals surface area contributed by atoms with Gasteiger partial charge in [-0.25, -0.2) is 0 Å². The molecule has 4 rings (SSSR count). The van der Waals surface area contributed by atoms with E-state index in [1.807, 2.05) is 18.2 Å². The molecule has 1 amide bonds. The van der Waals surface area contributed by atoms with Gasteiger partial charge in [0.1, 0.15) is 0 Å². The number of hydrogen-bond acceptors (Lipinski definition) is 3. The van der Waals surface area contributed by atoms with E-state index < -0.39 is 0 Å². The number of rotatable bonds is 9. The smallest absolute Gasteiger partial charge is 0.255 e. The van der Waals surface area contributed by atoms with Crippen LogP contribution in [-0.4, -0.2) is 52.9 Å². The van der Waals surface area contributed by atoms with Crippen LogP contribution in [0.4, 0.5) is 0 Å². The number of pyridine rings is 1. The highest BCUT2D eigenvalue weighted by Gasteiger charge is 2.28.